The van der Waals surface area contributed by atoms with Crippen molar-refractivity contribution in [2.45, 2.75) is 50.7 Å². The molecule has 3 rings (SSSR count). The van der Waals surface area contributed by atoms with Crippen molar-refractivity contribution in [2.24, 2.45) is 0 Å². The molecule has 2 aliphatic rings. The lowest BCUT2D eigenvalue weighted by atomic mass is 10.0. The van der Waals surface area contributed by atoms with Gasteiger partial charge in [-0.1, -0.05) is 6.42 Å². The van der Waals surface area contributed by atoms with Crippen molar-refractivity contribution in [3.8, 4) is 0 Å². The van der Waals surface area contributed by atoms with Crippen LogP contribution in [0.2, 0.25) is 0 Å². The molecule has 0 spiro atoms. The van der Waals surface area contributed by atoms with E-state index in [9.17, 15) is 0 Å². The number of nitrogens with zero attached hydrogens (tertiary/aromatic N) is 2. The first-order valence-electron chi connectivity index (χ1n) is 6.08. The molecule has 2 bridgehead atoms. The minimum absolute atomic E-state index is 0.872. The minimum Gasteiger partial charge on any atom is -0.293 e. The molecule has 2 saturated heterocycles. The van der Waals surface area contributed by atoms with E-state index < -0.39 is 0 Å². The molecule has 15 heavy (non-hydrogen) atoms. The van der Waals surface area contributed by atoms with E-state index in [0.29, 0.717) is 0 Å². The summed E-state index contributed by atoms with van der Waals surface area (Å²) in [6.45, 7) is 1.14. The Labute approximate surface area is 91.3 Å². The van der Waals surface area contributed by atoms with E-state index in [1.54, 1.807) is 0 Å². The summed E-state index contributed by atoms with van der Waals surface area (Å²) in [5.41, 5.74) is 1.42. The average Bonchev–Trinajstić information content (AvgIpc) is 2.53. The van der Waals surface area contributed by atoms with E-state index in [1.165, 1.54) is 37.7 Å². The molecule has 0 radical (unpaired) electrons. The highest BCUT2D eigenvalue weighted by atomic mass is 15.2. The number of pyridine rings is 1. The topological polar surface area (TPSA) is 16.1 Å². The Kier molecular flexibility index (Phi) is 2.45. The van der Waals surface area contributed by atoms with Crippen LogP contribution in [0.15, 0.2) is 24.5 Å². The van der Waals surface area contributed by atoms with Gasteiger partial charge < -0.3 is 0 Å². The standard InChI is InChI=1S/C13H18N2/c1-2-12-4-5-13(3-1)15(12)10-11-6-8-14-9-7-11/h6-9,12-13H,1-5,10H2. The molecule has 2 unspecified atom stereocenters. The highest BCUT2D eigenvalue weighted by molar-refractivity contribution is 5.11. The van der Waals surface area contributed by atoms with Gasteiger partial charge in [-0.3, -0.25) is 9.88 Å². The fraction of sp³-hybridized carbons (Fsp3) is 0.615. The molecular formula is C13H18N2. The molecule has 0 aromatic carbocycles. The summed E-state index contributed by atoms with van der Waals surface area (Å²) >= 11 is 0. The van der Waals surface area contributed by atoms with Crippen molar-refractivity contribution in [2.75, 3.05) is 0 Å². The SMILES string of the molecule is c1cc(CN2C3CCCC2CC3)ccn1. The monoisotopic (exact) mass is 202 g/mol. The van der Waals surface area contributed by atoms with Gasteiger partial charge in [0.1, 0.15) is 0 Å². The fourth-order valence-electron chi connectivity index (χ4n) is 3.18. The van der Waals surface area contributed by atoms with Gasteiger partial charge in [0, 0.05) is 31.0 Å². The Morgan fingerprint density at radius 1 is 1.07 bits per heavy atom. The first-order valence-corrected chi connectivity index (χ1v) is 6.08. The Morgan fingerprint density at radius 2 is 1.73 bits per heavy atom. The molecule has 0 saturated carbocycles. The molecule has 80 valence electrons. The highest BCUT2D eigenvalue weighted by Crippen LogP contribution is 2.36. The van der Waals surface area contributed by atoms with Crippen molar-refractivity contribution in [1.29, 1.82) is 0 Å². The van der Waals surface area contributed by atoms with E-state index in [-0.39, 0.29) is 0 Å². The molecule has 1 aromatic rings. The molecule has 2 fully saturated rings. The summed E-state index contributed by atoms with van der Waals surface area (Å²) in [5, 5.41) is 0. The Balaban J connectivity index is 1.73. The van der Waals surface area contributed by atoms with Crippen LogP contribution in [0, 0.1) is 0 Å². The molecular weight excluding hydrogens is 184 g/mol. The molecule has 1 aromatic heterocycles. The van der Waals surface area contributed by atoms with Gasteiger partial charge >= 0.3 is 0 Å². The van der Waals surface area contributed by atoms with E-state index in [4.69, 9.17) is 0 Å². The zero-order valence-corrected chi connectivity index (χ0v) is 9.10. The Hall–Kier alpha value is -0.890. The zero-order valence-electron chi connectivity index (χ0n) is 9.10. The number of hydrogen-bond acceptors (Lipinski definition) is 2. The third-order valence-electron chi connectivity index (χ3n) is 3.96. The summed E-state index contributed by atoms with van der Waals surface area (Å²) < 4.78 is 0. The fourth-order valence-corrected chi connectivity index (χ4v) is 3.18. The van der Waals surface area contributed by atoms with E-state index in [2.05, 4.69) is 22.0 Å². The van der Waals surface area contributed by atoms with Gasteiger partial charge in [-0.2, -0.15) is 0 Å². The lowest BCUT2D eigenvalue weighted by Crippen LogP contribution is -2.38. The second-order valence-electron chi connectivity index (χ2n) is 4.84. The van der Waals surface area contributed by atoms with Crippen LogP contribution >= 0.6 is 0 Å². The summed E-state index contributed by atoms with van der Waals surface area (Å²) in [5.74, 6) is 0. The second-order valence-corrected chi connectivity index (χ2v) is 4.84. The summed E-state index contributed by atoms with van der Waals surface area (Å²) in [7, 11) is 0. The van der Waals surface area contributed by atoms with Crippen LogP contribution in [0.1, 0.15) is 37.7 Å². The van der Waals surface area contributed by atoms with Crippen molar-refractivity contribution in [1.82, 2.24) is 9.88 Å². The van der Waals surface area contributed by atoms with Gasteiger partial charge in [-0.05, 0) is 43.4 Å². The maximum atomic E-state index is 4.07. The molecule has 2 atom stereocenters. The molecule has 0 N–H and O–H groups in total. The van der Waals surface area contributed by atoms with Crippen LogP contribution in [0.3, 0.4) is 0 Å². The van der Waals surface area contributed by atoms with Gasteiger partial charge in [0.15, 0.2) is 0 Å². The number of aromatic nitrogens is 1. The van der Waals surface area contributed by atoms with E-state index in [1.807, 2.05) is 12.4 Å². The average molecular weight is 202 g/mol. The summed E-state index contributed by atoms with van der Waals surface area (Å²) in [4.78, 5) is 6.79. The van der Waals surface area contributed by atoms with Crippen LogP contribution in [0.5, 0.6) is 0 Å². The highest BCUT2D eigenvalue weighted by Gasteiger charge is 2.35. The summed E-state index contributed by atoms with van der Waals surface area (Å²) in [6.07, 6.45) is 10.9. The second kappa shape index (κ2) is 3.93. The predicted molar refractivity (Wildman–Crippen MR) is 60.4 cm³/mol. The predicted octanol–water partition coefficient (Wildman–Crippen LogP) is 2.60. The van der Waals surface area contributed by atoms with Gasteiger partial charge in [-0.25, -0.2) is 0 Å². The van der Waals surface area contributed by atoms with Gasteiger partial charge in [0.25, 0.3) is 0 Å². The molecule has 0 amide bonds. The number of rotatable bonds is 2. The maximum absolute atomic E-state index is 4.07. The third-order valence-corrected chi connectivity index (χ3v) is 3.96. The summed E-state index contributed by atoms with van der Waals surface area (Å²) in [6, 6.07) is 6.04. The molecule has 2 nitrogen and oxygen atoms in total. The van der Waals surface area contributed by atoms with Crippen LogP contribution in [0.25, 0.3) is 0 Å². The van der Waals surface area contributed by atoms with E-state index >= 15 is 0 Å². The van der Waals surface area contributed by atoms with Crippen LogP contribution in [0.4, 0.5) is 0 Å². The normalized spacial score (nSPS) is 30.7. The largest absolute Gasteiger partial charge is 0.293 e. The molecule has 2 aliphatic heterocycles. The molecule has 0 aliphatic carbocycles. The number of hydrogen-bond donors (Lipinski definition) is 0. The van der Waals surface area contributed by atoms with Crippen molar-refractivity contribution >= 4 is 0 Å². The quantitative estimate of drug-likeness (QED) is 0.733. The maximum Gasteiger partial charge on any atom is 0.0271 e. The van der Waals surface area contributed by atoms with E-state index in [0.717, 1.165) is 18.6 Å². The van der Waals surface area contributed by atoms with Gasteiger partial charge in [-0.15, -0.1) is 0 Å². The molecule has 3 heterocycles. The third kappa shape index (κ3) is 1.78. The lowest BCUT2D eigenvalue weighted by Gasteiger charge is -2.34. The van der Waals surface area contributed by atoms with Crippen LogP contribution in [-0.4, -0.2) is 22.0 Å². The molecule has 2 heteroatoms. The van der Waals surface area contributed by atoms with Crippen molar-refractivity contribution < 1.29 is 0 Å². The van der Waals surface area contributed by atoms with Crippen molar-refractivity contribution in [3.05, 3.63) is 30.1 Å². The first kappa shape index (κ1) is 9.34. The van der Waals surface area contributed by atoms with Crippen LogP contribution in [-0.2, 0) is 6.54 Å². The Bertz CT molecular complexity index is 307. The first-order chi connectivity index (χ1) is 7.43. The number of piperidine rings is 1. The smallest absolute Gasteiger partial charge is 0.0271 e. The van der Waals surface area contributed by atoms with Gasteiger partial charge in [0.2, 0.25) is 0 Å². The zero-order chi connectivity index (χ0) is 10.1. The Morgan fingerprint density at radius 3 is 2.40 bits per heavy atom. The van der Waals surface area contributed by atoms with Gasteiger partial charge in [0.05, 0.1) is 0 Å². The minimum atomic E-state index is 0.872. The van der Waals surface area contributed by atoms with Crippen LogP contribution < -0.4 is 0 Å². The lowest BCUT2D eigenvalue weighted by molar-refractivity contribution is 0.132. The van der Waals surface area contributed by atoms with Crippen molar-refractivity contribution in [3.63, 3.8) is 0 Å². The number of fused-ring (bicyclic) bond motifs is 2.